The van der Waals surface area contributed by atoms with Crippen molar-refractivity contribution in [3.05, 3.63) is 57.5 Å². The molecular weight excluding hydrogens is 291 g/mol. The van der Waals surface area contributed by atoms with Gasteiger partial charge in [0.05, 0.1) is 10.1 Å². The fourth-order valence-corrected chi connectivity index (χ4v) is 3.00. The lowest BCUT2D eigenvalue weighted by molar-refractivity contribution is 0.101. The molecule has 1 radical (unpaired) electrons. The van der Waals surface area contributed by atoms with Gasteiger partial charge in [0.25, 0.3) is 0 Å². The minimum absolute atomic E-state index is 0.0619. The zero-order chi connectivity index (χ0) is 14.9. The molecule has 0 atom stereocenters. The van der Waals surface area contributed by atoms with Crippen LogP contribution in [-0.2, 0) is 0 Å². The van der Waals surface area contributed by atoms with Crippen LogP contribution in [0.5, 0.6) is 0 Å². The van der Waals surface area contributed by atoms with Gasteiger partial charge in [0.1, 0.15) is 0 Å². The van der Waals surface area contributed by atoms with E-state index in [1.807, 2.05) is 24.3 Å². The van der Waals surface area contributed by atoms with E-state index >= 15 is 0 Å². The zero-order valence-corrected chi connectivity index (χ0v) is 13.3. The monoisotopic (exact) mass is 307 g/mol. The first kappa shape index (κ1) is 15.3. The predicted octanol–water partition coefficient (Wildman–Crippen LogP) is 5.60. The van der Waals surface area contributed by atoms with E-state index in [9.17, 15) is 4.79 Å². The molecule has 1 aromatic carbocycles. The number of carbonyl (C=O) groups excluding carboxylic acids is 1. The Labute approximate surface area is 130 Å². The predicted molar refractivity (Wildman–Crippen MR) is 85.9 cm³/mol. The van der Waals surface area contributed by atoms with Crippen molar-refractivity contribution in [1.29, 1.82) is 0 Å². The van der Waals surface area contributed by atoms with Gasteiger partial charge in [-0.05, 0) is 42.4 Å². The number of halogens is 2. The molecule has 0 amide bonds. The highest BCUT2D eigenvalue weighted by atomic mass is 35.5. The van der Waals surface area contributed by atoms with Crippen molar-refractivity contribution in [3.8, 4) is 0 Å². The summed E-state index contributed by atoms with van der Waals surface area (Å²) in [6.45, 7) is 5.76. The summed E-state index contributed by atoms with van der Waals surface area (Å²) in [4.78, 5) is 11.3. The van der Waals surface area contributed by atoms with Gasteiger partial charge in [-0.2, -0.15) is 0 Å². The fourth-order valence-electron chi connectivity index (χ4n) is 2.29. The molecular formula is C17H17Cl2O. The van der Waals surface area contributed by atoms with Crippen LogP contribution in [0.25, 0.3) is 5.57 Å². The van der Waals surface area contributed by atoms with Crippen molar-refractivity contribution >= 4 is 34.6 Å². The Hall–Kier alpha value is -1.05. The van der Waals surface area contributed by atoms with Gasteiger partial charge in [-0.1, -0.05) is 61.3 Å². The minimum Gasteiger partial charge on any atom is -0.295 e. The summed E-state index contributed by atoms with van der Waals surface area (Å²) in [5, 5.41) is 1.26. The van der Waals surface area contributed by atoms with Gasteiger partial charge in [0.2, 0.25) is 0 Å². The van der Waals surface area contributed by atoms with E-state index in [4.69, 9.17) is 23.2 Å². The normalized spacial score (nSPS) is 16.1. The molecule has 1 nitrogen and oxygen atoms in total. The molecule has 2 rings (SSSR count). The second-order valence-electron chi connectivity index (χ2n) is 5.26. The third-order valence-corrected chi connectivity index (χ3v) is 4.42. The molecule has 1 aromatic rings. The highest BCUT2D eigenvalue weighted by molar-refractivity contribution is 6.46. The van der Waals surface area contributed by atoms with Gasteiger partial charge in [0, 0.05) is 5.56 Å². The Morgan fingerprint density at radius 2 is 1.70 bits per heavy atom. The first-order valence-electron chi connectivity index (χ1n) is 6.65. The van der Waals surface area contributed by atoms with Crippen LogP contribution in [0.2, 0.25) is 0 Å². The molecule has 0 aliphatic heterocycles. The van der Waals surface area contributed by atoms with Crippen molar-refractivity contribution < 1.29 is 4.79 Å². The number of rotatable bonds is 3. The molecule has 0 bridgehead atoms. The van der Waals surface area contributed by atoms with E-state index in [0.29, 0.717) is 21.5 Å². The molecule has 0 saturated heterocycles. The summed E-state index contributed by atoms with van der Waals surface area (Å²) < 4.78 is 0. The van der Waals surface area contributed by atoms with Gasteiger partial charge in [0.15, 0.2) is 5.78 Å². The van der Waals surface area contributed by atoms with Crippen molar-refractivity contribution in [2.75, 3.05) is 0 Å². The summed E-state index contributed by atoms with van der Waals surface area (Å²) in [6.07, 6.45) is 2.90. The van der Waals surface area contributed by atoms with E-state index in [-0.39, 0.29) is 5.78 Å². The number of carbonyl (C=O) groups is 1. The van der Waals surface area contributed by atoms with Gasteiger partial charge in [-0.25, -0.2) is 0 Å². The number of ketones is 1. The second kappa shape index (κ2) is 6.15. The summed E-state index contributed by atoms with van der Waals surface area (Å²) in [5.74, 6) is 0.421. The Morgan fingerprint density at radius 1 is 1.10 bits per heavy atom. The van der Waals surface area contributed by atoms with Crippen molar-refractivity contribution in [3.63, 3.8) is 0 Å². The molecule has 1 aliphatic carbocycles. The SMILES string of the molecule is CC(=O)c1ccc(C2=C(Cl)C(Cl)=C(C(C)C)[CH]C2)cc1. The largest absolute Gasteiger partial charge is 0.295 e. The van der Waals surface area contributed by atoms with Crippen molar-refractivity contribution in [2.45, 2.75) is 27.2 Å². The summed E-state index contributed by atoms with van der Waals surface area (Å²) in [5.41, 5.74) is 3.82. The van der Waals surface area contributed by atoms with Crippen LogP contribution in [-0.4, -0.2) is 5.78 Å². The lowest BCUT2D eigenvalue weighted by atomic mass is 9.88. The van der Waals surface area contributed by atoms with Gasteiger partial charge in [-0.3, -0.25) is 4.79 Å². The fraction of sp³-hybridized carbons (Fsp3) is 0.294. The maximum absolute atomic E-state index is 11.3. The quantitative estimate of drug-likeness (QED) is 0.665. The van der Waals surface area contributed by atoms with Crippen LogP contribution in [0.1, 0.15) is 43.1 Å². The molecule has 0 spiro atoms. The van der Waals surface area contributed by atoms with Gasteiger partial charge < -0.3 is 0 Å². The van der Waals surface area contributed by atoms with E-state index in [1.54, 1.807) is 6.92 Å². The Kier molecular flexibility index (Phi) is 4.72. The van der Waals surface area contributed by atoms with Gasteiger partial charge >= 0.3 is 0 Å². The van der Waals surface area contributed by atoms with Crippen LogP contribution in [0.15, 0.2) is 39.9 Å². The van der Waals surface area contributed by atoms with E-state index in [0.717, 1.165) is 23.1 Å². The molecule has 0 N–H and O–H groups in total. The molecule has 0 heterocycles. The average molecular weight is 308 g/mol. The minimum atomic E-state index is 0.0619. The maximum atomic E-state index is 11.3. The number of benzene rings is 1. The number of hydrogen-bond donors (Lipinski definition) is 0. The lowest BCUT2D eigenvalue weighted by Crippen LogP contribution is -2.05. The first-order chi connectivity index (χ1) is 9.41. The maximum Gasteiger partial charge on any atom is 0.159 e. The third-order valence-electron chi connectivity index (χ3n) is 3.50. The molecule has 3 heteroatoms. The van der Waals surface area contributed by atoms with Crippen LogP contribution >= 0.6 is 23.2 Å². The standard InChI is InChI=1S/C17H17Cl2O/c1-10(2)14-8-9-15(17(19)16(14)18)13-6-4-12(5-7-13)11(3)20/h4-8,10H,9H2,1-3H3. The highest BCUT2D eigenvalue weighted by Gasteiger charge is 2.22. The lowest BCUT2D eigenvalue weighted by Gasteiger charge is -2.22. The second-order valence-corrected chi connectivity index (χ2v) is 6.01. The van der Waals surface area contributed by atoms with Gasteiger partial charge in [-0.15, -0.1) is 0 Å². The van der Waals surface area contributed by atoms with E-state index in [1.165, 1.54) is 0 Å². The van der Waals surface area contributed by atoms with Crippen LogP contribution in [0.4, 0.5) is 0 Å². The Balaban J connectivity index is 2.40. The first-order valence-corrected chi connectivity index (χ1v) is 7.40. The highest BCUT2D eigenvalue weighted by Crippen LogP contribution is 2.41. The van der Waals surface area contributed by atoms with Crippen LogP contribution in [0.3, 0.4) is 0 Å². The molecule has 105 valence electrons. The number of hydrogen-bond acceptors (Lipinski definition) is 1. The third kappa shape index (κ3) is 2.99. The molecule has 20 heavy (non-hydrogen) atoms. The molecule has 1 aliphatic rings. The van der Waals surface area contributed by atoms with E-state index in [2.05, 4.69) is 20.3 Å². The number of Topliss-reactive ketones (excluding diaryl/α,β-unsaturated/α-hetero) is 1. The summed E-state index contributed by atoms with van der Waals surface area (Å²) >= 11 is 12.8. The zero-order valence-electron chi connectivity index (χ0n) is 11.8. The molecule has 0 unspecified atom stereocenters. The number of allylic oxidation sites excluding steroid dienone is 4. The summed E-state index contributed by atoms with van der Waals surface area (Å²) in [6, 6.07) is 7.49. The Bertz CT molecular complexity index is 592. The molecule has 0 saturated carbocycles. The Morgan fingerprint density at radius 3 is 2.20 bits per heavy atom. The summed E-state index contributed by atoms with van der Waals surface area (Å²) in [7, 11) is 0. The molecule has 0 aromatic heterocycles. The average Bonchev–Trinajstić information content (AvgIpc) is 2.41. The molecule has 0 fully saturated rings. The van der Waals surface area contributed by atoms with Crippen molar-refractivity contribution in [1.82, 2.24) is 0 Å². The van der Waals surface area contributed by atoms with E-state index < -0.39 is 0 Å². The van der Waals surface area contributed by atoms with Crippen LogP contribution in [0, 0.1) is 12.3 Å². The van der Waals surface area contributed by atoms with Crippen molar-refractivity contribution in [2.24, 2.45) is 5.92 Å². The smallest absolute Gasteiger partial charge is 0.159 e. The topological polar surface area (TPSA) is 17.1 Å². The van der Waals surface area contributed by atoms with Crippen LogP contribution < -0.4 is 0 Å².